The minimum absolute atomic E-state index is 0.0102. The number of benzene rings is 2. The molecule has 0 aliphatic carbocycles. The van der Waals surface area contributed by atoms with Crippen molar-refractivity contribution in [3.63, 3.8) is 0 Å². The molecular weight excluding hydrogens is 353 g/mol. The number of esters is 1. The molecule has 0 aliphatic rings. The molecule has 1 atom stereocenters. The molecule has 0 saturated carbocycles. The summed E-state index contributed by atoms with van der Waals surface area (Å²) in [6, 6.07) is 9.66. The van der Waals surface area contributed by atoms with E-state index in [0.717, 1.165) is 11.6 Å². The summed E-state index contributed by atoms with van der Waals surface area (Å²) >= 11 is 0. The molecule has 142 valence electrons. The standard InChI is InChI=1S/C20H20FNO5/c1-12-5-4-6-15(9-12)19(24)22-13(2)20(25)27-11-17(23)14-7-8-18(26-3)16(21)10-14/h4-10,13H,11H2,1-3H3,(H,22,24)/t13-/m0/s1. The van der Waals surface area contributed by atoms with Crippen molar-refractivity contribution in [3.05, 3.63) is 65.0 Å². The van der Waals surface area contributed by atoms with Gasteiger partial charge in [0, 0.05) is 11.1 Å². The fraction of sp³-hybridized carbons (Fsp3) is 0.250. The van der Waals surface area contributed by atoms with E-state index in [0.29, 0.717) is 5.56 Å². The van der Waals surface area contributed by atoms with Crippen molar-refractivity contribution in [2.45, 2.75) is 19.9 Å². The molecule has 0 fully saturated rings. The summed E-state index contributed by atoms with van der Waals surface area (Å²) in [5.41, 5.74) is 1.38. The van der Waals surface area contributed by atoms with E-state index < -0.39 is 36.1 Å². The van der Waals surface area contributed by atoms with Gasteiger partial charge in [0.25, 0.3) is 5.91 Å². The van der Waals surface area contributed by atoms with Crippen molar-refractivity contribution in [3.8, 4) is 5.75 Å². The number of nitrogens with one attached hydrogen (secondary N) is 1. The third-order valence-corrected chi connectivity index (χ3v) is 3.80. The monoisotopic (exact) mass is 373 g/mol. The lowest BCUT2D eigenvalue weighted by Gasteiger charge is -2.13. The van der Waals surface area contributed by atoms with Crippen LogP contribution in [0.15, 0.2) is 42.5 Å². The first-order chi connectivity index (χ1) is 12.8. The Morgan fingerprint density at radius 1 is 1.11 bits per heavy atom. The highest BCUT2D eigenvalue weighted by molar-refractivity contribution is 5.99. The summed E-state index contributed by atoms with van der Waals surface area (Å²) in [6.07, 6.45) is 0. The normalized spacial score (nSPS) is 11.4. The molecule has 27 heavy (non-hydrogen) atoms. The Kier molecular flexibility index (Phi) is 6.65. The Morgan fingerprint density at radius 2 is 1.85 bits per heavy atom. The second-order valence-electron chi connectivity index (χ2n) is 5.94. The molecule has 0 spiro atoms. The van der Waals surface area contributed by atoms with Gasteiger partial charge in [-0.1, -0.05) is 17.7 Å². The van der Waals surface area contributed by atoms with E-state index in [1.165, 1.54) is 26.2 Å². The summed E-state index contributed by atoms with van der Waals surface area (Å²) < 4.78 is 23.3. The van der Waals surface area contributed by atoms with Crippen LogP contribution in [0.1, 0.15) is 33.2 Å². The highest BCUT2D eigenvalue weighted by atomic mass is 19.1. The Labute approximate surface area is 156 Å². The summed E-state index contributed by atoms with van der Waals surface area (Å²) in [4.78, 5) is 36.2. The van der Waals surface area contributed by atoms with Crippen molar-refractivity contribution >= 4 is 17.7 Å². The molecule has 6 nitrogen and oxygen atoms in total. The number of carbonyl (C=O) groups excluding carboxylic acids is 3. The molecule has 2 aromatic carbocycles. The lowest BCUT2D eigenvalue weighted by Crippen LogP contribution is -2.40. The number of hydrogen-bond donors (Lipinski definition) is 1. The lowest BCUT2D eigenvalue weighted by molar-refractivity contribution is -0.144. The van der Waals surface area contributed by atoms with Crippen molar-refractivity contribution in [1.82, 2.24) is 5.32 Å². The Morgan fingerprint density at radius 3 is 2.48 bits per heavy atom. The van der Waals surface area contributed by atoms with Crippen LogP contribution in [0, 0.1) is 12.7 Å². The average molecular weight is 373 g/mol. The van der Waals surface area contributed by atoms with Gasteiger partial charge in [-0.05, 0) is 44.2 Å². The van der Waals surface area contributed by atoms with E-state index in [1.807, 2.05) is 13.0 Å². The van der Waals surface area contributed by atoms with Gasteiger partial charge in [-0.15, -0.1) is 0 Å². The van der Waals surface area contributed by atoms with Crippen LogP contribution in [0.2, 0.25) is 0 Å². The van der Waals surface area contributed by atoms with Gasteiger partial charge in [-0.3, -0.25) is 9.59 Å². The van der Waals surface area contributed by atoms with Gasteiger partial charge in [0.1, 0.15) is 6.04 Å². The number of methoxy groups -OCH3 is 1. The quantitative estimate of drug-likeness (QED) is 0.596. The summed E-state index contributed by atoms with van der Waals surface area (Å²) in [6.45, 7) is 2.74. The van der Waals surface area contributed by atoms with Gasteiger partial charge < -0.3 is 14.8 Å². The van der Waals surface area contributed by atoms with Crippen molar-refractivity contribution < 1.29 is 28.2 Å². The Balaban J connectivity index is 1.89. The number of amides is 1. The molecule has 0 heterocycles. The number of ketones is 1. The van der Waals surface area contributed by atoms with Gasteiger partial charge in [0.15, 0.2) is 24.0 Å². The third-order valence-electron chi connectivity index (χ3n) is 3.80. The largest absolute Gasteiger partial charge is 0.494 e. The zero-order valence-corrected chi connectivity index (χ0v) is 15.2. The number of rotatable bonds is 7. The minimum Gasteiger partial charge on any atom is -0.494 e. The molecule has 1 amide bonds. The van der Waals surface area contributed by atoms with E-state index in [2.05, 4.69) is 5.32 Å². The molecule has 0 aromatic heterocycles. The summed E-state index contributed by atoms with van der Waals surface area (Å²) in [7, 11) is 1.31. The van der Waals surface area contributed by atoms with Crippen molar-refractivity contribution in [1.29, 1.82) is 0 Å². The van der Waals surface area contributed by atoms with Crippen LogP contribution in [0.25, 0.3) is 0 Å². The molecule has 0 bridgehead atoms. The number of ether oxygens (including phenoxy) is 2. The van der Waals surface area contributed by atoms with Crippen molar-refractivity contribution in [2.75, 3.05) is 13.7 Å². The Bertz CT molecular complexity index is 865. The van der Waals surface area contributed by atoms with E-state index >= 15 is 0 Å². The number of hydrogen-bond acceptors (Lipinski definition) is 5. The number of carbonyl (C=O) groups is 3. The van der Waals surface area contributed by atoms with E-state index in [1.54, 1.807) is 18.2 Å². The van der Waals surface area contributed by atoms with Crippen LogP contribution in [-0.4, -0.2) is 37.4 Å². The maximum atomic E-state index is 13.6. The zero-order valence-electron chi connectivity index (χ0n) is 15.2. The lowest BCUT2D eigenvalue weighted by atomic mass is 10.1. The first kappa shape index (κ1) is 20.1. The van der Waals surface area contributed by atoms with Crippen LogP contribution in [0.5, 0.6) is 5.75 Å². The predicted molar refractivity (Wildman–Crippen MR) is 96.3 cm³/mol. The second-order valence-corrected chi connectivity index (χ2v) is 5.94. The molecule has 0 unspecified atom stereocenters. The van der Waals surface area contributed by atoms with E-state index in [4.69, 9.17) is 9.47 Å². The smallest absolute Gasteiger partial charge is 0.328 e. The average Bonchev–Trinajstić information content (AvgIpc) is 2.65. The number of aryl methyl sites for hydroxylation is 1. The topological polar surface area (TPSA) is 81.7 Å². The maximum Gasteiger partial charge on any atom is 0.328 e. The highest BCUT2D eigenvalue weighted by Crippen LogP contribution is 2.18. The molecule has 2 rings (SSSR count). The van der Waals surface area contributed by atoms with E-state index in [-0.39, 0.29) is 11.3 Å². The van der Waals surface area contributed by atoms with Gasteiger partial charge >= 0.3 is 5.97 Å². The van der Waals surface area contributed by atoms with E-state index in [9.17, 15) is 18.8 Å². The van der Waals surface area contributed by atoms with Gasteiger partial charge in [0.2, 0.25) is 0 Å². The molecular formula is C20H20FNO5. The van der Waals surface area contributed by atoms with Crippen LogP contribution in [0.3, 0.4) is 0 Å². The SMILES string of the molecule is COc1ccc(C(=O)COC(=O)[C@H](C)NC(=O)c2cccc(C)c2)cc1F. The van der Waals surface area contributed by atoms with Crippen LogP contribution >= 0.6 is 0 Å². The molecule has 1 N–H and O–H groups in total. The fourth-order valence-electron chi connectivity index (χ4n) is 2.31. The van der Waals surface area contributed by atoms with Gasteiger partial charge in [-0.25, -0.2) is 9.18 Å². The van der Waals surface area contributed by atoms with Crippen LogP contribution < -0.4 is 10.1 Å². The molecule has 0 aliphatic heterocycles. The Hall–Kier alpha value is -3.22. The zero-order chi connectivity index (χ0) is 20.0. The van der Waals surface area contributed by atoms with Crippen LogP contribution in [-0.2, 0) is 9.53 Å². The van der Waals surface area contributed by atoms with Gasteiger partial charge in [-0.2, -0.15) is 0 Å². The first-order valence-corrected chi connectivity index (χ1v) is 8.22. The van der Waals surface area contributed by atoms with Gasteiger partial charge in [0.05, 0.1) is 7.11 Å². The highest BCUT2D eigenvalue weighted by Gasteiger charge is 2.20. The minimum atomic E-state index is -0.946. The molecule has 0 saturated heterocycles. The molecule has 2 aromatic rings. The second kappa shape index (κ2) is 8.93. The van der Waals surface area contributed by atoms with Crippen LogP contribution in [0.4, 0.5) is 4.39 Å². The van der Waals surface area contributed by atoms with Crippen molar-refractivity contribution in [2.24, 2.45) is 0 Å². The summed E-state index contributed by atoms with van der Waals surface area (Å²) in [5.74, 6) is -2.43. The number of Topliss-reactive ketones (excluding diaryl/α,β-unsaturated/α-hetero) is 1. The maximum absolute atomic E-state index is 13.6. The first-order valence-electron chi connectivity index (χ1n) is 8.22. The third kappa shape index (κ3) is 5.37. The molecule has 7 heteroatoms. The fourth-order valence-corrected chi connectivity index (χ4v) is 2.31. The molecule has 0 radical (unpaired) electrons. The predicted octanol–water partition coefficient (Wildman–Crippen LogP) is 2.69. The summed E-state index contributed by atoms with van der Waals surface area (Å²) in [5, 5.41) is 2.51. The number of halogens is 1.